The fourth-order valence-electron chi connectivity index (χ4n) is 2.83. The van der Waals surface area contributed by atoms with E-state index in [0.717, 1.165) is 4.47 Å². The van der Waals surface area contributed by atoms with Crippen LogP contribution in [0.3, 0.4) is 0 Å². The van der Waals surface area contributed by atoms with E-state index in [0.29, 0.717) is 10.7 Å². The summed E-state index contributed by atoms with van der Waals surface area (Å²) >= 11 is 3.27. The molecule has 6 amide bonds. The molecule has 1 aromatic carbocycles. The van der Waals surface area contributed by atoms with Gasteiger partial charge in [0.25, 0.3) is 5.91 Å². The van der Waals surface area contributed by atoms with Crippen LogP contribution in [0, 0.1) is 5.92 Å². The van der Waals surface area contributed by atoms with Crippen LogP contribution in [0.25, 0.3) is 0 Å². The van der Waals surface area contributed by atoms with Crippen molar-refractivity contribution in [1.82, 2.24) is 21.1 Å². The second-order valence-electron chi connectivity index (χ2n) is 6.87. The Bertz CT molecular complexity index is 882. The molecule has 0 radical (unpaired) electrons. The molecule has 0 aromatic heterocycles. The fraction of sp³-hybridized carbons (Fsp3) is 0.412. The number of hydrogen-bond donors (Lipinski definition) is 5. The lowest BCUT2D eigenvalue weighted by atomic mass is 9.83. The summed E-state index contributed by atoms with van der Waals surface area (Å²) < 4.78 is 15.7. The highest BCUT2D eigenvalue weighted by atomic mass is 79.9. The minimum absolute atomic E-state index is 0.0612. The van der Waals surface area contributed by atoms with Crippen molar-refractivity contribution in [3.8, 4) is 0 Å². The van der Waals surface area contributed by atoms with Crippen LogP contribution in [0.4, 0.5) is 15.3 Å². The molecule has 1 aliphatic heterocycles. The van der Waals surface area contributed by atoms with Crippen LogP contribution in [0.15, 0.2) is 28.7 Å². The fourth-order valence-corrected chi connectivity index (χ4v) is 3.34. The van der Waals surface area contributed by atoms with Crippen LogP contribution in [-0.2, 0) is 18.7 Å². The van der Waals surface area contributed by atoms with Crippen molar-refractivity contribution >= 4 is 53.7 Å². The lowest BCUT2D eigenvalue weighted by Crippen LogP contribution is -2.55. The zero-order valence-corrected chi connectivity index (χ0v) is 19.2. The number of rotatable bonds is 9. The van der Waals surface area contributed by atoms with Gasteiger partial charge in [-0.3, -0.25) is 9.59 Å². The maximum Gasteiger partial charge on any atom is 0.694 e. The second-order valence-corrected chi connectivity index (χ2v) is 8.52. The first-order chi connectivity index (χ1) is 14.5. The molecule has 12 nitrogen and oxygen atoms in total. The van der Waals surface area contributed by atoms with E-state index in [9.17, 15) is 23.7 Å². The van der Waals surface area contributed by atoms with Crippen LogP contribution in [0.1, 0.15) is 20.3 Å². The van der Waals surface area contributed by atoms with Gasteiger partial charge in [0.1, 0.15) is 12.1 Å². The number of urea groups is 2. The quantitative estimate of drug-likeness (QED) is 0.188. The molecule has 2 unspecified atom stereocenters. The van der Waals surface area contributed by atoms with E-state index in [2.05, 4.69) is 41.8 Å². The molecule has 0 saturated carbocycles. The Morgan fingerprint density at radius 2 is 1.94 bits per heavy atom. The van der Waals surface area contributed by atoms with Gasteiger partial charge < -0.3 is 16.0 Å². The number of nitrogens with one attached hydrogen (secondary N) is 4. The van der Waals surface area contributed by atoms with Gasteiger partial charge in [0.15, 0.2) is 0 Å². The van der Waals surface area contributed by atoms with E-state index >= 15 is 0 Å². The second kappa shape index (κ2) is 10.6. The molecule has 2 atom stereocenters. The summed E-state index contributed by atoms with van der Waals surface area (Å²) in [6, 6.07) is 4.96. The first-order valence-electron chi connectivity index (χ1n) is 9.11. The summed E-state index contributed by atoms with van der Waals surface area (Å²) in [5, 5.41) is 7.96. The molecule has 1 aliphatic rings. The van der Waals surface area contributed by atoms with E-state index < -0.39 is 50.0 Å². The number of hydrazine groups is 1. The Balaban J connectivity index is 2.02. The average molecular weight is 519 g/mol. The van der Waals surface area contributed by atoms with Crippen molar-refractivity contribution in [2.75, 3.05) is 18.5 Å². The number of halogens is 1. The Labute approximate surface area is 187 Å². The molecule has 5 N–H and O–H groups in total. The van der Waals surface area contributed by atoms with Gasteiger partial charge in [-0.25, -0.2) is 15.0 Å². The van der Waals surface area contributed by atoms with Gasteiger partial charge in [0.2, 0.25) is 5.91 Å². The van der Waals surface area contributed by atoms with E-state index in [1.54, 1.807) is 38.1 Å². The number of amides is 6. The zero-order valence-electron chi connectivity index (χ0n) is 16.7. The molecule has 1 fully saturated rings. The average Bonchev–Trinajstić information content (AvgIpc) is 2.92. The SMILES string of the molecule is CC(C)C1(CC(=O)NCCO[P+](=O)O)NC(=O)N(NC(=O)Nc2ccc(Br)cc2)C1=O. The molecule has 31 heavy (non-hydrogen) atoms. The Kier molecular flexibility index (Phi) is 8.45. The minimum Gasteiger partial charge on any atom is -0.354 e. The van der Waals surface area contributed by atoms with Crippen LogP contribution < -0.4 is 21.4 Å². The monoisotopic (exact) mass is 518 g/mol. The highest BCUT2D eigenvalue weighted by molar-refractivity contribution is 9.10. The van der Waals surface area contributed by atoms with Crippen molar-refractivity contribution in [3.05, 3.63) is 28.7 Å². The van der Waals surface area contributed by atoms with Crippen molar-refractivity contribution in [1.29, 1.82) is 0 Å². The van der Waals surface area contributed by atoms with Gasteiger partial charge in [-0.05, 0) is 30.2 Å². The van der Waals surface area contributed by atoms with Gasteiger partial charge in [0.05, 0.1) is 6.42 Å². The predicted octanol–water partition coefficient (Wildman–Crippen LogP) is 1.60. The summed E-state index contributed by atoms with van der Waals surface area (Å²) in [4.78, 5) is 58.4. The summed E-state index contributed by atoms with van der Waals surface area (Å²) in [6.45, 7) is 3.04. The number of benzene rings is 1. The summed E-state index contributed by atoms with van der Waals surface area (Å²) in [7, 11) is -2.78. The molecule has 1 saturated heterocycles. The molecular formula is C17H22BrN5O7P+. The maximum absolute atomic E-state index is 13.0. The van der Waals surface area contributed by atoms with Crippen molar-refractivity contribution in [2.45, 2.75) is 25.8 Å². The largest absolute Gasteiger partial charge is 0.694 e. The summed E-state index contributed by atoms with van der Waals surface area (Å²) in [5.41, 5.74) is 1.05. The standard InChI is InChI=1S/C17H21BrN5O7P/c1-10(2)17(9-13(24)19-7-8-30-31(28)29)14(25)23(16(27)21-17)22-15(26)20-12-5-3-11(18)4-6-12/h3-6,10H,7-9H2,1-2H3,(H4-,19,20,21,22,24,26,27,28,29)/p+1. The number of hydrogen-bond acceptors (Lipinski definition) is 6. The lowest BCUT2D eigenvalue weighted by molar-refractivity contribution is -0.138. The molecule has 2 rings (SSSR count). The molecule has 14 heteroatoms. The van der Waals surface area contributed by atoms with Gasteiger partial charge in [-0.2, -0.15) is 5.01 Å². The topological polar surface area (TPSA) is 166 Å². The number of carbonyl (C=O) groups excluding carboxylic acids is 4. The van der Waals surface area contributed by atoms with Crippen molar-refractivity contribution < 1.29 is 33.2 Å². The third kappa shape index (κ3) is 6.44. The van der Waals surface area contributed by atoms with Gasteiger partial charge in [-0.1, -0.05) is 29.8 Å². The van der Waals surface area contributed by atoms with Gasteiger partial charge >= 0.3 is 20.3 Å². The van der Waals surface area contributed by atoms with E-state index in [4.69, 9.17) is 4.89 Å². The number of anilines is 1. The highest BCUT2D eigenvalue weighted by Crippen LogP contribution is 2.29. The molecule has 0 aliphatic carbocycles. The Morgan fingerprint density at radius 3 is 2.52 bits per heavy atom. The van der Waals surface area contributed by atoms with Crippen LogP contribution in [-0.4, -0.2) is 52.5 Å². The zero-order chi connectivity index (χ0) is 23.2. The third-order valence-corrected chi connectivity index (χ3v) is 5.42. The molecule has 1 heterocycles. The summed E-state index contributed by atoms with van der Waals surface area (Å²) in [6.07, 6.45) is -0.396. The highest BCUT2D eigenvalue weighted by Gasteiger charge is 2.55. The molecular weight excluding hydrogens is 497 g/mol. The van der Waals surface area contributed by atoms with Crippen molar-refractivity contribution in [3.63, 3.8) is 0 Å². The Hall–Kier alpha value is -2.60. The number of nitrogens with zero attached hydrogens (tertiary/aromatic N) is 1. The van der Waals surface area contributed by atoms with E-state index in [1.165, 1.54) is 0 Å². The first kappa shape index (κ1) is 24.7. The third-order valence-electron chi connectivity index (χ3n) is 4.48. The van der Waals surface area contributed by atoms with Crippen LogP contribution in [0.5, 0.6) is 0 Å². The lowest BCUT2D eigenvalue weighted by Gasteiger charge is -2.30. The van der Waals surface area contributed by atoms with Gasteiger partial charge in [-0.15, -0.1) is 9.42 Å². The van der Waals surface area contributed by atoms with Crippen LogP contribution in [0.2, 0.25) is 0 Å². The predicted molar refractivity (Wildman–Crippen MR) is 113 cm³/mol. The first-order valence-corrected chi connectivity index (χ1v) is 11.0. The van der Waals surface area contributed by atoms with E-state index in [1.807, 2.05) is 0 Å². The smallest absolute Gasteiger partial charge is 0.354 e. The molecule has 0 bridgehead atoms. The minimum atomic E-state index is -2.78. The van der Waals surface area contributed by atoms with Gasteiger partial charge in [0, 0.05) is 21.3 Å². The number of carbonyl (C=O) groups is 4. The van der Waals surface area contributed by atoms with Crippen molar-refractivity contribution in [2.24, 2.45) is 5.92 Å². The maximum atomic E-state index is 13.0. The number of imide groups is 1. The molecule has 1 aromatic rings. The Morgan fingerprint density at radius 1 is 1.29 bits per heavy atom. The molecule has 168 valence electrons. The normalized spacial score (nSPS) is 18.6. The van der Waals surface area contributed by atoms with Crippen LogP contribution >= 0.6 is 24.2 Å². The van der Waals surface area contributed by atoms with E-state index in [-0.39, 0.29) is 13.2 Å². The summed E-state index contributed by atoms with van der Waals surface area (Å²) in [5.74, 6) is -1.86. The molecule has 0 spiro atoms.